The Kier molecular flexibility index (Phi) is 7.29. The molecule has 1 aromatic carbocycles. The first-order chi connectivity index (χ1) is 11.6. The summed E-state index contributed by atoms with van der Waals surface area (Å²) in [7, 11) is 0. The van der Waals surface area contributed by atoms with Crippen molar-refractivity contribution in [1.82, 2.24) is 4.98 Å². The predicted octanol–water partition coefficient (Wildman–Crippen LogP) is 5.67. The van der Waals surface area contributed by atoms with Crippen molar-refractivity contribution >= 4 is 10.9 Å². The summed E-state index contributed by atoms with van der Waals surface area (Å²) in [6.45, 7) is 7.70. The van der Waals surface area contributed by atoms with Crippen molar-refractivity contribution < 1.29 is 4.39 Å². The van der Waals surface area contributed by atoms with Crippen molar-refractivity contribution in [3.63, 3.8) is 0 Å². The van der Waals surface area contributed by atoms with E-state index in [1.54, 1.807) is 6.07 Å². The Morgan fingerprint density at radius 2 is 2.00 bits per heavy atom. The van der Waals surface area contributed by atoms with E-state index in [1.165, 1.54) is 44.2 Å². The molecule has 3 rings (SSSR count). The van der Waals surface area contributed by atoms with E-state index in [4.69, 9.17) is 5.73 Å². The molecule has 2 aromatic rings. The number of aromatic nitrogens is 1. The molecule has 1 aliphatic carbocycles. The fraction of sp³-hybridized carbons (Fsp3) is 0.619. The van der Waals surface area contributed by atoms with E-state index in [1.807, 2.05) is 6.20 Å². The van der Waals surface area contributed by atoms with Gasteiger partial charge in [-0.25, -0.2) is 4.39 Å². The van der Waals surface area contributed by atoms with Crippen molar-refractivity contribution in [2.24, 2.45) is 23.5 Å². The number of nitrogens with two attached hydrogens (primary N) is 1. The van der Waals surface area contributed by atoms with Gasteiger partial charge in [0.05, 0.1) is 0 Å². The molecule has 1 fully saturated rings. The summed E-state index contributed by atoms with van der Waals surface area (Å²) >= 11 is 0. The van der Waals surface area contributed by atoms with Crippen LogP contribution in [-0.2, 0) is 6.42 Å². The van der Waals surface area contributed by atoms with Gasteiger partial charge in [0.15, 0.2) is 0 Å². The molecule has 1 aromatic heterocycles. The van der Waals surface area contributed by atoms with Crippen LogP contribution in [0.25, 0.3) is 10.9 Å². The maximum absolute atomic E-state index is 12.9. The first-order valence-electron chi connectivity index (χ1n) is 9.54. The summed E-state index contributed by atoms with van der Waals surface area (Å²) in [6, 6.07) is 4.73. The number of benzene rings is 1. The Bertz CT molecular complexity index is 619. The Morgan fingerprint density at radius 3 is 2.67 bits per heavy atom. The minimum atomic E-state index is -0.203. The highest BCUT2D eigenvalue weighted by Gasteiger charge is 2.24. The average molecular weight is 333 g/mol. The van der Waals surface area contributed by atoms with Gasteiger partial charge in [0, 0.05) is 17.1 Å². The molecule has 0 bridgehead atoms. The van der Waals surface area contributed by atoms with Crippen molar-refractivity contribution in [2.45, 2.75) is 59.3 Å². The van der Waals surface area contributed by atoms with E-state index in [-0.39, 0.29) is 5.82 Å². The van der Waals surface area contributed by atoms with E-state index in [9.17, 15) is 4.39 Å². The lowest BCUT2D eigenvalue weighted by atomic mass is 9.73. The van der Waals surface area contributed by atoms with E-state index in [2.05, 4.69) is 25.8 Å². The number of H-pyrrole nitrogens is 1. The molecule has 1 heterocycles. The topological polar surface area (TPSA) is 41.8 Å². The summed E-state index contributed by atoms with van der Waals surface area (Å²) in [5.74, 6) is 2.89. The molecule has 0 spiro atoms. The second-order valence-corrected chi connectivity index (χ2v) is 7.28. The quantitative estimate of drug-likeness (QED) is 0.744. The van der Waals surface area contributed by atoms with Crippen LogP contribution in [0.4, 0.5) is 4.39 Å². The van der Waals surface area contributed by atoms with Gasteiger partial charge in [0.1, 0.15) is 5.82 Å². The fourth-order valence-corrected chi connectivity index (χ4v) is 3.97. The molecular formula is C21H33FN2. The molecular weight excluding hydrogens is 299 g/mol. The normalized spacial score (nSPS) is 23.8. The molecule has 1 aliphatic rings. The maximum Gasteiger partial charge on any atom is 0.123 e. The van der Waals surface area contributed by atoms with Crippen molar-refractivity contribution in [2.75, 3.05) is 6.54 Å². The van der Waals surface area contributed by atoms with Crippen LogP contribution in [0.1, 0.15) is 58.4 Å². The van der Waals surface area contributed by atoms with Gasteiger partial charge in [-0.2, -0.15) is 0 Å². The summed E-state index contributed by atoms with van der Waals surface area (Å²) < 4.78 is 12.9. The molecule has 3 heteroatoms. The second kappa shape index (κ2) is 9.22. The Labute approximate surface area is 146 Å². The number of fused-ring (bicyclic) bond motifs is 1. The zero-order chi connectivity index (χ0) is 17.5. The van der Waals surface area contributed by atoms with Crippen molar-refractivity contribution in [3.05, 3.63) is 35.8 Å². The third kappa shape index (κ3) is 4.83. The van der Waals surface area contributed by atoms with Gasteiger partial charge in [0.2, 0.25) is 0 Å². The van der Waals surface area contributed by atoms with Crippen LogP contribution >= 0.6 is 0 Å². The Morgan fingerprint density at radius 1 is 1.21 bits per heavy atom. The number of halogens is 1. The molecule has 1 saturated carbocycles. The third-order valence-corrected chi connectivity index (χ3v) is 5.72. The smallest absolute Gasteiger partial charge is 0.123 e. The molecule has 0 amide bonds. The number of hydrogen-bond acceptors (Lipinski definition) is 1. The minimum absolute atomic E-state index is 0.203. The standard InChI is InChI=1S/C11H22.C10H11FN2/c1-4-10-7-6-9(3)11(5-2)8-10;11-8-1-2-10-9(5-8)7(3-4-12)6-13-10/h9-11H,4-8H2,1-3H3;1-2,5-6,13H,3-4,12H2. The van der Waals surface area contributed by atoms with Gasteiger partial charge in [-0.05, 0) is 60.9 Å². The van der Waals surface area contributed by atoms with Gasteiger partial charge in [-0.15, -0.1) is 0 Å². The van der Waals surface area contributed by atoms with E-state index < -0.39 is 0 Å². The molecule has 0 aliphatic heterocycles. The molecule has 0 saturated heterocycles. The van der Waals surface area contributed by atoms with Crippen LogP contribution in [-0.4, -0.2) is 11.5 Å². The highest BCUT2D eigenvalue weighted by atomic mass is 19.1. The van der Waals surface area contributed by atoms with Gasteiger partial charge in [-0.1, -0.05) is 46.5 Å². The van der Waals surface area contributed by atoms with Crippen LogP contribution in [0.2, 0.25) is 0 Å². The maximum atomic E-state index is 12.9. The molecule has 0 radical (unpaired) electrons. The minimum Gasteiger partial charge on any atom is -0.361 e. The number of nitrogens with one attached hydrogen (secondary N) is 1. The summed E-state index contributed by atoms with van der Waals surface area (Å²) in [5, 5.41) is 0.936. The number of hydrogen-bond donors (Lipinski definition) is 2. The van der Waals surface area contributed by atoms with Crippen LogP contribution in [0.3, 0.4) is 0 Å². The van der Waals surface area contributed by atoms with Crippen molar-refractivity contribution in [3.8, 4) is 0 Å². The van der Waals surface area contributed by atoms with Gasteiger partial charge < -0.3 is 10.7 Å². The monoisotopic (exact) mass is 332 g/mol. The average Bonchev–Trinajstić information content (AvgIpc) is 2.98. The predicted molar refractivity (Wildman–Crippen MR) is 102 cm³/mol. The van der Waals surface area contributed by atoms with Crippen LogP contribution in [0.15, 0.2) is 24.4 Å². The van der Waals surface area contributed by atoms with E-state index >= 15 is 0 Å². The fourth-order valence-electron chi connectivity index (χ4n) is 3.97. The summed E-state index contributed by atoms with van der Waals surface area (Å²) in [5.41, 5.74) is 7.48. The Balaban J connectivity index is 0.000000177. The molecule has 24 heavy (non-hydrogen) atoms. The third-order valence-electron chi connectivity index (χ3n) is 5.72. The number of aromatic amines is 1. The van der Waals surface area contributed by atoms with E-state index in [0.717, 1.165) is 40.6 Å². The SMILES string of the molecule is CCC1CCC(C)C(CC)C1.NCCc1c[nH]c2ccc(F)cc12. The first kappa shape index (κ1) is 19.0. The zero-order valence-electron chi connectivity index (χ0n) is 15.4. The van der Waals surface area contributed by atoms with Gasteiger partial charge >= 0.3 is 0 Å². The van der Waals surface area contributed by atoms with Crippen LogP contribution in [0.5, 0.6) is 0 Å². The lowest BCUT2D eigenvalue weighted by Crippen LogP contribution is -2.21. The molecule has 134 valence electrons. The molecule has 3 N–H and O–H groups in total. The molecule has 3 atom stereocenters. The highest BCUT2D eigenvalue weighted by molar-refractivity contribution is 5.83. The lowest BCUT2D eigenvalue weighted by molar-refractivity contribution is 0.184. The second-order valence-electron chi connectivity index (χ2n) is 7.28. The van der Waals surface area contributed by atoms with Gasteiger partial charge in [0.25, 0.3) is 0 Å². The summed E-state index contributed by atoms with van der Waals surface area (Å²) in [6.07, 6.45) is 9.96. The number of rotatable bonds is 4. The lowest BCUT2D eigenvalue weighted by Gasteiger charge is -2.33. The first-order valence-corrected chi connectivity index (χ1v) is 9.54. The molecule has 3 unspecified atom stereocenters. The highest BCUT2D eigenvalue weighted by Crippen LogP contribution is 2.36. The van der Waals surface area contributed by atoms with Crippen molar-refractivity contribution in [1.29, 1.82) is 0 Å². The summed E-state index contributed by atoms with van der Waals surface area (Å²) in [4.78, 5) is 3.08. The molecule has 2 nitrogen and oxygen atoms in total. The largest absolute Gasteiger partial charge is 0.361 e. The van der Waals surface area contributed by atoms with Crippen LogP contribution in [0, 0.1) is 23.6 Å². The van der Waals surface area contributed by atoms with Gasteiger partial charge in [-0.3, -0.25) is 0 Å². The van der Waals surface area contributed by atoms with E-state index in [0.29, 0.717) is 6.54 Å². The zero-order valence-corrected chi connectivity index (χ0v) is 15.4. The van der Waals surface area contributed by atoms with Crippen LogP contribution < -0.4 is 5.73 Å². The Hall–Kier alpha value is -1.35.